The number of rotatable bonds is 7. The molecule has 0 unspecified atom stereocenters. The van der Waals surface area contributed by atoms with Crippen molar-refractivity contribution in [3.05, 3.63) is 29.8 Å². The van der Waals surface area contributed by atoms with E-state index >= 15 is 0 Å². The van der Waals surface area contributed by atoms with Crippen molar-refractivity contribution in [2.24, 2.45) is 5.41 Å². The normalized spacial score (nSPS) is 10.8. The van der Waals surface area contributed by atoms with Crippen LogP contribution < -0.4 is 10.6 Å². The van der Waals surface area contributed by atoms with Gasteiger partial charge < -0.3 is 15.7 Å². The molecule has 0 aliphatic heterocycles. The fraction of sp³-hybridized carbons (Fsp3) is 0.500. The predicted octanol–water partition coefficient (Wildman–Crippen LogP) is 2.87. The maximum atomic E-state index is 11.9. The Labute approximate surface area is 126 Å². The Balaban J connectivity index is 2.54. The molecule has 5 heteroatoms. The molecule has 5 nitrogen and oxygen atoms in total. The molecule has 0 saturated heterocycles. The van der Waals surface area contributed by atoms with Crippen molar-refractivity contribution in [2.75, 3.05) is 18.5 Å². The maximum absolute atomic E-state index is 11.9. The fourth-order valence-corrected chi connectivity index (χ4v) is 2.25. The summed E-state index contributed by atoms with van der Waals surface area (Å²) in [5.41, 5.74) is 1.14. The van der Waals surface area contributed by atoms with E-state index in [0.29, 0.717) is 24.2 Å². The summed E-state index contributed by atoms with van der Waals surface area (Å²) in [4.78, 5) is 11.9. The molecular weight excluding hydrogens is 266 g/mol. The Morgan fingerprint density at radius 3 is 2.38 bits per heavy atom. The number of hydrogen-bond acceptors (Lipinski definition) is 3. The first-order valence-corrected chi connectivity index (χ1v) is 7.25. The average molecular weight is 289 g/mol. The molecule has 3 N–H and O–H groups in total. The van der Waals surface area contributed by atoms with Crippen LogP contribution in [-0.2, 0) is 0 Å². The Kier molecular flexibility index (Phi) is 6.70. The van der Waals surface area contributed by atoms with Gasteiger partial charge in [-0.15, -0.1) is 0 Å². The molecule has 2 amide bonds. The van der Waals surface area contributed by atoms with Gasteiger partial charge in [0.15, 0.2) is 0 Å². The number of nitrogens with zero attached hydrogens (tertiary/aromatic N) is 1. The second kappa shape index (κ2) is 8.28. The highest BCUT2D eigenvalue weighted by Crippen LogP contribution is 2.29. The second-order valence-electron chi connectivity index (χ2n) is 5.18. The molecule has 0 fully saturated rings. The third-order valence-corrected chi connectivity index (χ3v) is 4.04. The summed E-state index contributed by atoms with van der Waals surface area (Å²) < 4.78 is 0. The minimum Gasteiger partial charge on any atom is -0.396 e. The van der Waals surface area contributed by atoms with Crippen LogP contribution in [0.1, 0.15) is 38.7 Å². The lowest BCUT2D eigenvalue weighted by atomic mass is 9.79. The monoisotopic (exact) mass is 289 g/mol. The lowest BCUT2D eigenvalue weighted by molar-refractivity contribution is 0.165. The predicted molar refractivity (Wildman–Crippen MR) is 82.9 cm³/mol. The maximum Gasteiger partial charge on any atom is 0.319 e. The third-order valence-electron chi connectivity index (χ3n) is 4.04. The first-order valence-electron chi connectivity index (χ1n) is 7.25. The van der Waals surface area contributed by atoms with Gasteiger partial charge in [0.2, 0.25) is 0 Å². The molecule has 21 heavy (non-hydrogen) atoms. The zero-order chi connectivity index (χ0) is 15.7. The fourth-order valence-electron chi connectivity index (χ4n) is 2.25. The van der Waals surface area contributed by atoms with Gasteiger partial charge in [-0.25, -0.2) is 4.79 Å². The number of benzene rings is 1. The highest BCUT2D eigenvalue weighted by molar-refractivity contribution is 5.89. The van der Waals surface area contributed by atoms with Crippen LogP contribution >= 0.6 is 0 Å². The van der Waals surface area contributed by atoms with Crippen LogP contribution in [0.5, 0.6) is 0 Å². The molecule has 114 valence electrons. The molecule has 1 aromatic carbocycles. The van der Waals surface area contributed by atoms with E-state index in [9.17, 15) is 4.79 Å². The lowest BCUT2D eigenvalue weighted by Crippen LogP contribution is -2.39. The minimum atomic E-state index is -0.274. The number of nitriles is 1. The van der Waals surface area contributed by atoms with Crippen molar-refractivity contribution >= 4 is 11.7 Å². The van der Waals surface area contributed by atoms with Crippen LogP contribution in [0.2, 0.25) is 0 Å². The van der Waals surface area contributed by atoms with Crippen LogP contribution in [-0.4, -0.2) is 24.3 Å². The van der Waals surface area contributed by atoms with Gasteiger partial charge in [0.25, 0.3) is 0 Å². The summed E-state index contributed by atoms with van der Waals surface area (Å²) >= 11 is 0. The van der Waals surface area contributed by atoms with E-state index in [-0.39, 0.29) is 18.1 Å². The van der Waals surface area contributed by atoms with Crippen molar-refractivity contribution in [3.63, 3.8) is 0 Å². The largest absolute Gasteiger partial charge is 0.396 e. The summed E-state index contributed by atoms with van der Waals surface area (Å²) in [5, 5.41) is 23.5. The zero-order valence-corrected chi connectivity index (χ0v) is 12.6. The second-order valence-corrected chi connectivity index (χ2v) is 5.18. The van der Waals surface area contributed by atoms with Gasteiger partial charge in [0.05, 0.1) is 11.6 Å². The van der Waals surface area contributed by atoms with Gasteiger partial charge >= 0.3 is 6.03 Å². The highest BCUT2D eigenvalue weighted by Gasteiger charge is 2.26. The number of anilines is 1. The van der Waals surface area contributed by atoms with Crippen molar-refractivity contribution in [1.82, 2.24) is 5.32 Å². The Morgan fingerprint density at radius 1 is 1.29 bits per heavy atom. The average Bonchev–Trinajstić information content (AvgIpc) is 2.52. The van der Waals surface area contributed by atoms with Gasteiger partial charge in [-0.3, -0.25) is 0 Å². The number of nitrogens with one attached hydrogen (secondary N) is 2. The van der Waals surface area contributed by atoms with Gasteiger partial charge in [-0.2, -0.15) is 5.26 Å². The van der Waals surface area contributed by atoms with Crippen LogP contribution in [0, 0.1) is 16.7 Å². The van der Waals surface area contributed by atoms with Crippen LogP contribution in [0.3, 0.4) is 0 Å². The molecule has 0 heterocycles. The molecule has 1 aromatic rings. The van der Waals surface area contributed by atoms with E-state index in [1.807, 2.05) is 6.07 Å². The third kappa shape index (κ3) is 5.09. The van der Waals surface area contributed by atoms with Gasteiger partial charge in [0.1, 0.15) is 0 Å². The number of carbonyl (C=O) groups excluding carboxylic acids is 1. The van der Waals surface area contributed by atoms with Gasteiger partial charge in [-0.1, -0.05) is 13.8 Å². The molecule has 0 aliphatic carbocycles. The number of hydrogen-bond donors (Lipinski definition) is 3. The van der Waals surface area contributed by atoms with E-state index < -0.39 is 0 Å². The quantitative estimate of drug-likeness (QED) is 0.721. The van der Waals surface area contributed by atoms with Gasteiger partial charge in [0, 0.05) is 18.8 Å². The summed E-state index contributed by atoms with van der Waals surface area (Å²) in [6, 6.07) is 8.46. The van der Waals surface area contributed by atoms with Crippen LogP contribution in [0.25, 0.3) is 0 Å². The van der Waals surface area contributed by atoms with Crippen molar-refractivity contribution in [2.45, 2.75) is 33.1 Å². The van der Waals surface area contributed by atoms with Crippen LogP contribution in [0.4, 0.5) is 10.5 Å². The van der Waals surface area contributed by atoms with E-state index in [1.54, 1.807) is 24.3 Å². The van der Waals surface area contributed by atoms with E-state index in [0.717, 1.165) is 12.8 Å². The first kappa shape index (κ1) is 17.0. The Hall–Kier alpha value is -2.06. The van der Waals surface area contributed by atoms with E-state index in [2.05, 4.69) is 24.5 Å². The molecule has 0 aliphatic rings. The number of aliphatic hydroxyl groups is 1. The van der Waals surface area contributed by atoms with Crippen molar-refractivity contribution < 1.29 is 9.90 Å². The topological polar surface area (TPSA) is 85.2 Å². The number of aliphatic hydroxyl groups excluding tert-OH is 1. The van der Waals surface area contributed by atoms with Gasteiger partial charge in [-0.05, 0) is 48.9 Å². The number of carbonyl (C=O) groups is 1. The highest BCUT2D eigenvalue weighted by atomic mass is 16.3. The Morgan fingerprint density at radius 2 is 1.90 bits per heavy atom. The molecule has 0 saturated carbocycles. The molecule has 0 aromatic heterocycles. The number of urea groups is 1. The first-order chi connectivity index (χ1) is 10.1. The Bertz CT molecular complexity index is 487. The summed E-state index contributed by atoms with van der Waals surface area (Å²) in [6.07, 6.45) is 2.49. The molecule has 1 rings (SSSR count). The summed E-state index contributed by atoms with van der Waals surface area (Å²) in [6.45, 7) is 4.79. The molecule has 0 radical (unpaired) electrons. The molecular formula is C16H23N3O2. The molecule has 0 bridgehead atoms. The summed E-state index contributed by atoms with van der Waals surface area (Å²) in [7, 11) is 0. The standard InChI is InChI=1S/C16H23N3O2/c1-3-16(4-2,9-10-20)12-18-15(21)19-14-7-5-13(11-17)6-8-14/h5-8,20H,3-4,9-10,12H2,1-2H3,(H2,18,19,21). The smallest absolute Gasteiger partial charge is 0.319 e. The van der Waals surface area contributed by atoms with Crippen LogP contribution in [0.15, 0.2) is 24.3 Å². The van der Waals surface area contributed by atoms with Crippen molar-refractivity contribution in [3.8, 4) is 6.07 Å². The lowest BCUT2D eigenvalue weighted by Gasteiger charge is -2.31. The summed E-state index contributed by atoms with van der Waals surface area (Å²) in [5.74, 6) is 0. The van der Waals surface area contributed by atoms with E-state index in [1.165, 1.54) is 0 Å². The van der Waals surface area contributed by atoms with Crippen molar-refractivity contribution in [1.29, 1.82) is 5.26 Å². The van der Waals surface area contributed by atoms with E-state index in [4.69, 9.17) is 10.4 Å². The number of amides is 2. The minimum absolute atomic E-state index is 0.0588. The molecule has 0 spiro atoms. The SMILES string of the molecule is CCC(CC)(CCO)CNC(=O)Nc1ccc(C#N)cc1. The molecule has 0 atom stereocenters. The zero-order valence-electron chi connectivity index (χ0n) is 12.6.